The molecule has 9 heteroatoms. The van der Waals surface area contributed by atoms with Gasteiger partial charge in [-0.2, -0.15) is 0 Å². The van der Waals surface area contributed by atoms with Crippen molar-refractivity contribution in [2.45, 2.75) is 27.4 Å². The van der Waals surface area contributed by atoms with E-state index >= 15 is 0 Å². The number of hydrogen-bond donors (Lipinski definition) is 0. The van der Waals surface area contributed by atoms with Gasteiger partial charge in [0.15, 0.2) is 16.7 Å². The van der Waals surface area contributed by atoms with E-state index in [2.05, 4.69) is 28.1 Å². The minimum atomic E-state index is -0.216. The summed E-state index contributed by atoms with van der Waals surface area (Å²) in [6, 6.07) is 23.0. The first-order valence-corrected chi connectivity index (χ1v) is 15.4. The number of thioether (sulfide) groups is 1. The van der Waals surface area contributed by atoms with Crippen LogP contribution in [0, 0.1) is 20.8 Å². The number of anilines is 1. The van der Waals surface area contributed by atoms with Crippen LogP contribution in [0.2, 0.25) is 10.0 Å². The summed E-state index contributed by atoms with van der Waals surface area (Å²) in [5.74, 6) is 0.913. The zero-order valence-corrected chi connectivity index (χ0v) is 27.3. The maximum atomic E-state index is 13.8. The van der Waals surface area contributed by atoms with Gasteiger partial charge in [-0.05, 0) is 113 Å². The van der Waals surface area contributed by atoms with Crippen molar-refractivity contribution < 1.29 is 14.3 Å². The molecule has 1 aliphatic heterocycles. The van der Waals surface area contributed by atoms with E-state index in [0.29, 0.717) is 54.1 Å². The summed E-state index contributed by atoms with van der Waals surface area (Å²) in [6.45, 7) is 6.29. The summed E-state index contributed by atoms with van der Waals surface area (Å²) < 4.78 is 12.5. The first-order chi connectivity index (χ1) is 20.1. The van der Waals surface area contributed by atoms with E-state index in [1.54, 1.807) is 24.1 Å². The van der Waals surface area contributed by atoms with Crippen LogP contribution in [0.4, 0.5) is 11.4 Å². The molecule has 214 valence electrons. The molecule has 1 amide bonds. The van der Waals surface area contributed by atoms with Gasteiger partial charge in [-0.25, -0.2) is 4.99 Å². The van der Waals surface area contributed by atoms with E-state index in [1.165, 1.54) is 17.3 Å². The van der Waals surface area contributed by atoms with Crippen molar-refractivity contribution in [3.63, 3.8) is 0 Å². The van der Waals surface area contributed by atoms with Gasteiger partial charge in [-0.15, -0.1) is 0 Å². The second-order valence-electron chi connectivity index (χ2n) is 9.82. The molecule has 0 saturated carbocycles. The smallest absolute Gasteiger partial charge is 0.271 e. The van der Waals surface area contributed by atoms with Crippen LogP contribution < -0.4 is 14.4 Å². The predicted octanol–water partition coefficient (Wildman–Crippen LogP) is 10.1. The number of aryl methyl sites for hydroxylation is 3. The maximum absolute atomic E-state index is 13.8. The van der Waals surface area contributed by atoms with Crippen molar-refractivity contribution >= 4 is 79.4 Å². The van der Waals surface area contributed by atoms with E-state index < -0.39 is 0 Å². The molecule has 0 unspecified atom stereocenters. The fourth-order valence-electron chi connectivity index (χ4n) is 4.21. The molecule has 0 radical (unpaired) electrons. The molecule has 5 nitrogen and oxygen atoms in total. The third-order valence-corrected chi connectivity index (χ3v) is 9.03. The molecule has 1 fully saturated rings. The predicted molar refractivity (Wildman–Crippen MR) is 179 cm³/mol. The Morgan fingerprint density at radius 1 is 0.929 bits per heavy atom. The van der Waals surface area contributed by atoms with Crippen LogP contribution in [0.3, 0.4) is 0 Å². The fraction of sp³-hybridized carbons (Fsp3) is 0.152. The van der Waals surface area contributed by atoms with Crippen LogP contribution in [-0.2, 0) is 11.4 Å². The summed E-state index contributed by atoms with van der Waals surface area (Å²) in [5.41, 5.74) is 6.14. The van der Waals surface area contributed by atoms with E-state index in [-0.39, 0.29) is 5.91 Å². The van der Waals surface area contributed by atoms with Crippen molar-refractivity contribution in [1.29, 1.82) is 0 Å². The Hall–Kier alpha value is -3.23. The minimum absolute atomic E-state index is 0.216. The SMILES string of the molecule is COc1cc(/C=C2/SC(=Nc3ccc(C)c(Cl)c3)N(c3ccc(C)c(Cl)c3)C2=O)cc(Br)c1OCc1ccc(C)cc1. The van der Waals surface area contributed by atoms with Crippen molar-refractivity contribution in [3.8, 4) is 11.5 Å². The van der Waals surface area contributed by atoms with Crippen molar-refractivity contribution in [2.75, 3.05) is 12.0 Å². The fourth-order valence-corrected chi connectivity index (χ4v) is 6.14. The first-order valence-electron chi connectivity index (χ1n) is 13.0. The van der Waals surface area contributed by atoms with E-state index in [0.717, 1.165) is 22.3 Å². The highest BCUT2D eigenvalue weighted by atomic mass is 79.9. The number of aliphatic imine (C=N–C) groups is 1. The van der Waals surface area contributed by atoms with Crippen LogP contribution in [0.5, 0.6) is 11.5 Å². The first kappa shape index (κ1) is 30.2. The number of methoxy groups -OCH3 is 1. The summed E-state index contributed by atoms with van der Waals surface area (Å²) >= 11 is 17.7. The lowest BCUT2D eigenvalue weighted by molar-refractivity contribution is -0.113. The zero-order chi connectivity index (χ0) is 30.0. The largest absolute Gasteiger partial charge is 0.493 e. The molecule has 0 bridgehead atoms. The van der Waals surface area contributed by atoms with Gasteiger partial charge in [0.05, 0.1) is 27.9 Å². The lowest BCUT2D eigenvalue weighted by atomic mass is 10.1. The number of carbonyl (C=O) groups excluding carboxylic acids is 1. The second kappa shape index (κ2) is 13.0. The Labute approximate surface area is 268 Å². The normalized spacial score (nSPS) is 15.1. The number of halogens is 3. The molecule has 42 heavy (non-hydrogen) atoms. The topological polar surface area (TPSA) is 51.1 Å². The van der Waals surface area contributed by atoms with Crippen molar-refractivity contribution in [2.24, 2.45) is 4.99 Å². The van der Waals surface area contributed by atoms with Gasteiger partial charge in [-0.3, -0.25) is 9.69 Å². The van der Waals surface area contributed by atoms with Crippen LogP contribution in [0.15, 0.2) is 87.2 Å². The van der Waals surface area contributed by atoms with Gasteiger partial charge in [0, 0.05) is 10.0 Å². The Kier molecular flexibility index (Phi) is 9.33. The standard InChI is InChI=1S/C33H27BrCl2N2O3S/c1-19-5-9-22(10-6-19)18-41-31-26(34)13-23(14-29(31)40-4)15-30-32(39)38(25-12-8-21(3)28(36)17-25)33(42-30)37-24-11-7-20(2)27(35)16-24/h5-17H,18H2,1-4H3/b30-15+,37-33?. The van der Waals surface area contributed by atoms with E-state index in [1.807, 2.05) is 75.4 Å². The number of benzene rings is 4. The molecule has 0 atom stereocenters. The van der Waals surface area contributed by atoms with E-state index in [9.17, 15) is 4.79 Å². The molecule has 1 saturated heterocycles. The third-order valence-electron chi connectivity index (χ3n) is 6.65. The monoisotopic (exact) mass is 680 g/mol. The number of amidine groups is 1. The Morgan fingerprint density at radius 3 is 2.29 bits per heavy atom. The highest BCUT2D eigenvalue weighted by Gasteiger charge is 2.35. The summed E-state index contributed by atoms with van der Waals surface area (Å²) in [4.78, 5) is 20.7. The number of nitrogens with zero attached hydrogens (tertiary/aromatic N) is 2. The van der Waals surface area contributed by atoms with Crippen LogP contribution in [-0.4, -0.2) is 18.2 Å². The summed E-state index contributed by atoms with van der Waals surface area (Å²) in [5, 5.41) is 1.67. The van der Waals surface area contributed by atoms with Gasteiger partial charge >= 0.3 is 0 Å². The number of ether oxygens (including phenoxy) is 2. The molecule has 0 spiro atoms. The molecule has 0 aliphatic carbocycles. The van der Waals surface area contributed by atoms with Gasteiger partial charge < -0.3 is 9.47 Å². The Morgan fingerprint density at radius 2 is 1.62 bits per heavy atom. The van der Waals surface area contributed by atoms with Gasteiger partial charge in [0.2, 0.25) is 0 Å². The lowest BCUT2D eigenvalue weighted by Gasteiger charge is -2.17. The molecule has 1 heterocycles. The van der Waals surface area contributed by atoms with Gasteiger partial charge in [-0.1, -0.05) is 65.2 Å². The van der Waals surface area contributed by atoms with Gasteiger partial charge in [0.1, 0.15) is 6.61 Å². The number of rotatable bonds is 7. The van der Waals surface area contributed by atoms with Crippen LogP contribution in [0.25, 0.3) is 6.08 Å². The number of amides is 1. The summed E-state index contributed by atoms with van der Waals surface area (Å²) in [7, 11) is 1.59. The lowest BCUT2D eigenvalue weighted by Crippen LogP contribution is -2.28. The van der Waals surface area contributed by atoms with Gasteiger partial charge in [0.25, 0.3) is 5.91 Å². The molecular weight excluding hydrogens is 655 g/mol. The molecule has 5 rings (SSSR count). The maximum Gasteiger partial charge on any atom is 0.271 e. The Bertz CT molecular complexity index is 1740. The third kappa shape index (κ3) is 6.70. The molecule has 0 N–H and O–H groups in total. The average molecular weight is 682 g/mol. The Balaban J connectivity index is 1.49. The highest BCUT2D eigenvalue weighted by molar-refractivity contribution is 9.10. The quantitative estimate of drug-likeness (QED) is 0.182. The summed E-state index contributed by atoms with van der Waals surface area (Å²) in [6.07, 6.45) is 1.82. The van der Waals surface area contributed by atoms with Crippen LogP contribution >= 0.6 is 50.9 Å². The van der Waals surface area contributed by atoms with E-state index in [4.69, 9.17) is 37.7 Å². The minimum Gasteiger partial charge on any atom is -0.493 e. The highest BCUT2D eigenvalue weighted by Crippen LogP contribution is 2.41. The molecular formula is C33H27BrCl2N2O3S. The zero-order valence-electron chi connectivity index (χ0n) is 23.4. The second-order valence-corrected chi connectivity index (χ2v) is 12.5. The number of carbonyl (C=O) groups is 1. The molecule has 0 aromatic heterocycles. The molecule has 1 aliphatic rings. The van der Waals surface area contributed by atoms with Crippen molar-refractivity contribution in [3.05, 3.63) is 120 Å². The van der Waals surface area contributed by atoms with Crippen LogP contribution in [0.1, 0.15) is 27.8 Å². The molecule has 4 aromatic carbocycles. The average Bonchev–Trinajstić information content (AvgIpc) is 3.26. The number of hydrogen-bond acceptors (Lipinski definition) is 5. The van der Waals surface area contributed by atoms with Crippen molar-refractivity contribution in [1.82, 2.24) is 0 Å². The molecule has 4 aromatic rings.